The van der Waals surface area contributed by atoms with Gasteiger partial charge in [-0.05, 0) is 96.2 Å². The van der Waals surface area contributed by atoms with Gasteiger partial charge in [-0.15, -0.1) is 0 Å². The lowest BCUT2D eigenvalue weighted by atomic mass is 9.88. The topological polar surface area (TPSA) is 62.7 Å². The Labute approximate surface area is 246 Å². The van der Waals surface area contributed by atoms with Gasteiger partial charge in [-0.3, -0.25) is 9.10 Å². The second-order valence-corrected chi connectivity index (χ2v) is 12.9. The molecule has 10 heteroatoms. The van der Waals surface area contributed by atoms with Crippen LogP contribution < -0.4 is 4.74 Å². The number of benzene rings is 2. The Morgan fingerprint density at radius 2 is 1.79 bits per heavy atom. The minimum Gasteiger partial charge on any atom is -0.483 e. The molecule has 0 spiro atoms. The molecular formula is C32H32F4N2O3S. The number of hydrogen-bond donors (Lipinski definition) is 1. The molecule has 1 aliphatic heterocycles. The molecule has 42 heavy (non-hydrogen) atoms. The van der Waals surface area contributed by atoms with E-state index in [9.17, 15) is 17.6 Å². The minimum absolute atomic E-state index is 0.0355. The van der Waals surface area contributed by atoms with Crippen LogP contribution in [0.3, 0.4) is 0 Å². The van der Waals surface area contributed by atoms with Crippen LogP contribution in [0.5, 0.6) is 5.88 Å². The van der Waals surface area contributed by atoms with Gasteiger partial charge in [0, 0.05) is 36.2 Å². The first kappa shape index (κ1) is 29.0. The summed E-state index contributed by atoms with van der Waals surface area (Å²) in [5.41, 5.74) is 3.11. The SMILES string of the molecule is Fc1cc(C(F)(F)F)c(-c2ccc(C3CCN(SC4CC4)CC3)cc2)cc1COc1cc2c(cn1)C1CC1C2.O=CO. The van der Waals surface area contributed by atoms with Crippen LogP contribution in [-0.2, 0) is 24.0 Å². The Kier molecular flexibility index (Phi) is 8.20. The monoisotopic (exact) mass is 600 g/mol. The third-order valence-electron chi connectivity index (χ3n) is 8.64. The number of ether oxygens (including phenoxy) is 1. The zero-order valence-corrected chi connectivity index (χ0v) is 23.8. The number of carbonyl (C=O) groups is 1. The second kappa shape index (κ2) is 11.9. The normalized spacial score (nSPS) is 21.6. The highest BCUT2D eigenvalue weighted by Crippen LogP contribution is 2.56. The molecule has 7 rings (SSSR count). The molecule has 0 bridgehead atoms. The molecule has 5 nitrogen and oxygen atoms in total. The van der Waals surface area contributed by atoms with E-state index in [-0.39, 0.29) is 24.2 Å². The van der Waals surface area contributed by atoms with E-state index in [0.717, 1.165) is 43.2 Å². The van der Waals surface area contributed by atoms with Crippen LogP contribution in [0.1, 0.15) is 71.8 Å². The van der Waals surface area contributed by atoms with Crippen molar-refractivity contribution in [2.24, 2.45) is 5.92 Å². The Bertz CT molecular complexity index is 1440. The summed E-state index contributed by atoms with van der Waals surface area (Å²) in [5.74, 6) is 1.17. The number of hydrogen-bond acceptors (Lipinski definition) is 5. The number of piperidine rings is 1. The van der Waals surface area contributed by atoms with Crippen molar-refractivity contribution < 1.29 is 32.2 Å². The number of nitrogens with zero attached hydrogens (tertiary/aromatic N) is 2. The van der Waals surface area contributed by atoms with Crippen LogP contribution in [0, 0.1) is 11.7 Å². The molecule has 0 amide bonds. The van der Waals surface area contributed by atoms with Gasteiger partial charge in [0.1, 0.15) is 12.4 Å². The summed E-state index contributed by atoms with van der Waals surface area (Å²) >= 11 is 1.98. The molecule has 2 heterocycles. The predicted molar refractivity (Wildman–Crippen MR) is 153 cm³/mol. The maximum Gasteiger partial charge on any atom is 0.417 e. The number of aromatic nitrogens is 1. The standard InChI is InChI=1S/C31H30F4N2OS.CH2O2/c32-29-15-28(31(33,34)35)26(13-23(29)17-38-30-14-22-11-21-12-25(21)27(22)16-36-30)20-3-1-18(2-4-20)19-7-9-37(10-8-19)39-24-5-6-24;2-1-3/h1-4,13-16,19,21,24-25H,5-12,17H2;1H,(H,2,3). The molecule has 222 valence electrons. The van der Waals surface area contributed by atoms with Crippen molar-refractivity contribution in [2.75, 3.05) is 13.1 Å². The molecule has 3 aliphatic carbocycles. The molecule has 2 atom stereocenters. The summed E-state index contributed by atoms with van der Waals surface area (Å²) in [6.07, 6.45) is 4.09. The summed E-state index contributed by atoms with van der Waals surface area (Å²) in [5, 5.41) is 7.69. The third kappa shape index (κ3) is 6.44. The van der Waals surface area contributed by atoms with E-state index >= 15 is 0 Å². The van der Waals surface area contributed by atoms with Gasteiger partial charge in [0.25, 0.3) is 6.47 Å². The van der Waals surface area contributed by atoms with E-state index in [1.165, 1.54) is 36.5 Å². The number of rotatable bonds is 7. The van der Waals surface area contributed by atoms with Gasteiger partial charge in [0.2, 0.25) is 5.88 Å². The molecule has 2 saturated carbocycles. The summed E-state index contributed by atoms with van der Waals surface area (Å²) in [6, 6.07) is 11.1. The maximum atomic E-state index is 14.9. The van der Waals surface area contributed by atoms with E-state index in [0.29, 0.717) is 35.3 Å². The van der Waals surface area contributed by atoms with Crippen molar-refractivity contribution in [2.45, 2.75) is 68.4 Å². The maximum absolute atomic E-state index is 14.9. The Morgan fingerprint density at radius 3 is 2.45 bits per heavy atom. The zero-order valence-electron chi connectivity index (χ0n) is 22.9. The van der Waals surface area contributed by atoms with E-state index in [2.05, 4.69) is 9.29 Å². The van der Waals surface area contributed by atoms with Crippen LogP contribution in [-0.4, -0.2) is 39.2 Å². The van der Waals surface area contributed by atoms with E-state index in [4.69, 9.17) is 14.6 Å². The Hall–Kier alpha value is -3.11. The molecule has 1 saturated heterocycles. The number of pyridine rings is 1. The lowest BCUT2D eigenvalue weighted by molar-refractivity contribution is -0.137. The highest BCUT2D eigenvalue weighted by atomic mass is 32.2. The smallest absolute Gasteiger partial charge is 0.417 e. The Morgan fingerprint density at radius 1 is 1.07 bits per heavy atom. The van der Waals surface area contributed by atoms with Gasteiger partial charge >= 0.3 is 6.18 Å². The first-order valence-corrected chi connectivity index (χ1v) is 15.2. The van der Waals surface area contributed by atoms with Gasteiger partial charge in [-0.2, -0.15) is 13.2 Å². The molecule has 2 unspecified atom stereocenters. The molecule has 4 aliphatic rings. The van der Waals surface area contributed by atoms with Gasteiger partial charge in [0.05, 0.1) is 5.56 Å². The molecular weight excluding hydrogens is 568 g/mol. The summed E-state index contributed by atoms with van der Waals surface area (Å²) in [4.78, 5) is 12.7. The second-order valence-electron chi connectivity index (χ2n) is 11.5. The van der Waals surface area contributed by atoms with Crippen LogP contribution >= 0.6 is 11.9 Å². The summed E-state index contributed by atoms with van der Waals surface area (Å²) in [7, 11) is 0. The van der Waals surface area contributed by atoms with Crippen LogP contribution in [0.4, 0.5) is 17.6 Å². The van der Waals surface area contributed by atoms with Crippen molar-refractivity contribution in [3.8, 4) is 17.0 Å². The van der Waals surface area contributed by atoms with Gasteiger partial charge in [0.15, 0.2) is 0 Å². The van der Waals surface area contributed by atoms with Crippen molar-refractivity contribution in [1.29, 1.82) is 0 Å². The highest BCUT2D eigenvalue weighted by Gasteiger charge is 2.45. The number of carboxylic acid groups (broad SMARTS) is 1. The summed E-state index contributed by atoms with van der Waals surface area (Å²) in [6.45, 7) is 1.63. The quantitative estimate of drug-likeness (QED) is 0.169. The van der Waals surface area contributed by atoms with Gasteiger partial charge in [-0.25, -0.2) is 9.37 Å². The van der Waals surface area contributed by atoms with Crippen LogP contribution in [0.25, 0.3) is 11.1 Å². The first-order chi connectivity index (χ1) is 20.2. The van der Waals surface area contributed by atoms with E-state index in [1.54, 1.807) is 12.1 Å². The van der Waals surface area contributed by atoms with Gasteiger partial charge < -0.3 is 9.84 Å². The lowest BCUT2D eigenvalue weighted by Crippen LogP contribution is -2.28. The molecule has 2 aromatic carbocycles. The number of halogens is 4. The fourth-order valence-electron chi connectivity index (χ4n) is 6.18. The average molecular weight is 601 g/mol. The van der Waals surface area contributed by atoms with Crippen molar-refractivity contribution in [1.82, 2.24) is 9.29 Å². The van der Waals surface area contributed by atoms with Crippen LogP contribution in [0.15, 0.2) is 48.7 Å². The molecule has 0 radical (unpaired) electrons. The van der Waals surface area contributed by atoms with Crippen molar-refractivity contribution in [3.63, 3.8) is 0 Å². The number of fused-ring (bicyclic) bond motifs is 3. The summed E-state index contributed by atoms with van der Waals surface area (Å²) < 4.78 is 64.9. The van der Waals surface area contributed by atoms with Gasteiger partial charge in [-0.1, -0.05) is 36.2 Å². The molecule has 3 fully saturated rings. The largest absolute Gasteiger partial charge is 0.483 e. The fourth-order valence-corrected chi connectivity index (χ4v) is 7.37. The van der Waals surface area contributed by atoms with Crippen molar-refractivity contribution >= 4 is 18.4 Å². The molecule has 1 N–H and O–H groups in total. The van der Waals surface area contributed by atoms with Crippen molar-refractivity contribution in [3.05, 3.63) is 82.3 Å². The minimum atomic E-state index is -4.68. The predicted octanol–water partition coefficient (Wildman–Crippen LogP) is 7.84. The highest BCUT2D eigenvalue weighted by molar-refractivity contribution is 7.97. The van der Waals surface area contributed by atoms with E-state index in [1.807, 2.05) is 36.3 Å². The first-order valence-electron chi connectivity index (χ1n) is 14.3. The number of alkyl halides is 3. The fraction of sp³-hybridized carbons (Fsp3) is 0.438. The Balaban J connectivity index is 0.00000101. The van der Waals surface area contributed by atoms with E-state index < -0.39 is 17.6 Å². The third-order valence-corrected chi connectivity index (χ3v) is 10.1. The van der Waals surface area contributed by atoms with Crippen LogP contribution in [0.2, 0.25) is 0 Å². The zero-order chi connectivity index (χ0) is 29.4. The average Bonchev–Trinajstić information content (AvgIpc) is 3.91. The molecule has 1 aromatic heterocycles. The molecule has 3 aromatic rings. The lowest BCUT2D eigenvalue weighted by Gasteiger charge is -2.31.